The second-order valence-electron chi connectivity index (χ2n) is 7.98. The fourth-order valence-corrected chi connectivity index (χ4v) is 4.40. The molecule has 170 valence electrons. The van der Waals surface area contributed by atoms with Gasteiger partial charge in [0.05, 0.1) is 30.0 Å². The molecule has 0 amide bonds. The lowest BCUT2D eigenvalue weighted by molar-refractivity contribution is -0.346. The lowest BCUT2D eigenvalue weighted by atomic mass is 9.80. The third-order valence-electron chi connectivity index (χ3n) is 5.78. The van der Waals surface area contributed by atoms with Crippen LogP contribution in [0.25, 0.3) is 0 Å². The quantitative estimate of drug-likeness (QED) is 0.248. The molecule has 12 nitrogen and oxygen atoms in total. The minimum atomic E-state index is -1.72. The van der Waals surface area contributed by atoms with E-state index < -0.39 is 79.1 Å². The van der Waals surface area contributed by atoms with Crippen LogP contribution in [0.5, 0.6) is 0 Å². The zero-order valence-electron chi connectivity index (χ0n) is 16.3. The van der Waals surface area contributed by atoms with Crippen molar-refractivity contribution in [1.82, 2.24) is 0 Å². The van der Waals surface area contributed by atoms with E-state index in [4.69, 9.17) is 18.9 Å². The van der Waals surface area contributed by atoms with Crippen molar-refractivity contribution < 1.29 is 59.2 Å². The molecule has 0 bridgehead atoms. The normalized spacial score (nSPS) is 45.8. The molecular weight excluding hydrogens is 408 g/mol. The van der Waals surface area contributed by atoms with Gasteiger partial charge in [0, 0.05) is 19.3 Å². The van der Waals surface area contributed by atoms with Crippen molar-refractivity contribution >= 4 is 11.9 Å². The van der Waals surface area contributed by atoms with Crippen LogP contribution < -0.4 is 0 Å². The minimum Gasteiger partial charge on any atom is -0.478 e. The molecule has 1 saturated heterocycles. The Balaban J connectivity index is 1.89. The van der Waals surface area contributed by atoms with E-state index in [1.807, 2.05) is 0 Å². The topological polar surface area (TPSA) is 192 Å². The molecule has 12 heteroatoms. The largest absolute Gasteiger partial charge is 0.478 e. The average molecular weight is 434 g/mol. The summed E-state index contributed by atoms with van der Waals surface area (Å²) in [5.74, 6) is -4.00. The van der Waals surface area contributed by atoms with E-state index in [9.17, 15) is 40.2 Å². The predicted octanol–water partition coefficient (Wildman–Crippen LogP) is -2.55. The lowest BCUT2D eigenvalue weighted by Crippen LogP contribution is -2.60. The number of hydrogen-bond donors (Lipinski definition) is 6. The van der Waals surface area contributed by atoms with E-state index >= 15 is 0 Å². The van der Waals surface area contributed by atoms with Crippen molar-refractivity contribution in [1.29, 1.82) is 0 Å². The van der Waals surface area contributed by atoms with Crippen LogP contribution >= 0.6 is 0 Å². The molecule has 0 radical (unpaired) electrons. The van der Waals surface area contributed by atoms with Crippen LogP contribution in [0.1, 0.15) is 20.3 Å². The summed E-state index contributed by atoms with van der Waals surface area (Å²) in [6.45, 7) is 1.90. The maximum Gasteiger partial charge on any atom is 0.335 e. The smallest absolute Gasteiger partial charge is 0.335 e. The monoisotopic (exact) mass is 434 g/mol. The number of hydrogen-bond acceptors (Lipinski definition) is 11. The van der Waals surface area contributed by atoms with Crippen LogP contribution in [-0.4, -0.2) is 97.9 Å². The molecule has 3 aliphatic rings. The molecule has 0 aromatic rings. The molecule has 2 aliphatic heterocycles. The molecule has 0 aromatic carbocycles. The van der Waals surface area contributed by atoms with Gasteiger partial charge in [-0.05, 0) is 6.92 Å². The number of carbonyl (C=O) groups excluding carboxylic acids is 1. The first-order valence-electron chi connectivity index (χ1n) is 9.42. The van der Waals surface area contributed by atoms with Gasteiger partial charge < -0.3 is 49.6 Å². The molecular formula is C18H26O12. The van der Waals surface area contributed by atoms with E-state index in [1.165, 1.54) is 6.92 Å². The Labute approximate surface area is 171 Å². The number of aliphatic hydroxyl groups is 5. The number of esters is 1. The Morgan fingerprint density at radius 2 is 1.87 bits per heavy atom. The summed E-state index contributed by atoms with van der Waals surface area (Å²) < 4.78 is 21.5. The zero-order chi connectivity index (χ0) is 22.4. The van der Waals surface area contributed by atoms with Crippen molar-refractivity contribution in [2.75, 3.05) is 6.61 Å². The van der Waals surface area contributed by atoms with Crippen LogP contribution in [-0.2, 0) is 28.5 Å². The number of aliphatic hydroxyl groups excluding tert-OH is 4. The lowest BCUT2D eigenvalue weighted by Gasteiger charge is -2.44. The van der Waals surface area contributed by atoms with E-state index in [1.54, 1.807) is 0 Å². The highest BCUT2D eigenvalue weighted by Gasteiger charge is 2.61. The number of ether oxygens (including phenoxy) is 4. The number of fused-ring (bicyclic) bond motifs is 1. The molecule has 2 fully saturated rings. The zero-order valence-corrected chi connectivity index (χ0v) is 16.3. The van der Waals surface area contributed by atoms with Gasteiger partial charge in [0.2, 0.25) is 6.29 Å². The first kappa shape index (κ1) is 22.9. The SMILES string of the molecule is CC(=O)O[C@@H]1C[C@](C)(O)[C@H]2[C@H](O[C@@H]3O[C@H](CO)[C@@H](O)[C@H](O)[C@H]3O)OC=C(C(=O)O)[C@H]21. The van der Waals surface area contributed by atoms with Crippen LogP contribution in [0.3, 0.4) is 0 Å². The third-order valence-corrected chi connectivity index (χ3v) is 5.78. The molecule has 3 rings (SSSR count). The second-order valence-corrected chi connectivity index (χ2v) is 7.98. The van der Waals surface area contributed by atoms with E-state index in [2.05, 4.69) is 0 Å². The first-order chi connectivity index (χ1) is 14.0. The number of aliphatic carboxylic acids is 1. The number of rotatable bonds is 5. The fourth-order valence-electron chi connectivity index (χ4n) is 4.40. The molecule has 1 aliphatic carbocycles. The van der Waals surface area contributed by atoms with E-state index in [-0.39, 0.29) is 12.0 Å². The van der Waals surface area contributed by atoms with Crippen molar-refractivity contribution in [3.63, 3.8) is 0 Å². The van der Waals surface area contributed by atoms with Gasteiger partial charge in [0.25, 0.3) is 0 Å². The molecule has 2 heterocycles. The van der Waals surface area contributed by atoms with Crippen LogP contribution in [0.4, 0.5) is 0 Å². The van der Waals surface area contributed by atoms with Crippen LogP contribution in [0.2, 0.25) is 0 Å². The van der Waals surface area contributed by atoms with Gasteiger partial charge in [-0.3, -0.25) is 4.79 Å². The maximum absolute atomic E-state index is 11.7. The van der Waals surface area contributed by atoms with E-state index in [0.29, 0.717) is 0 Å². The van der Waals surface area contributed by atoms with Gasteiger partial charge in [-0.1, -0.05) is 0 Å². The Hall–Kier alpha value is -1.80. The van der Waals surface area contributed by atoms with Gasteiger partial charge in [-0.15, -0.1) is 0 Å². The Bertz CT molecular complexity index is 703. The summed E-state index contributed by atoms with van der Waals surface area (Å²) in [5, 5.41) is 59.8. The Kier molecular flexibility index (Phi) is 6.39. The predicted molar refractivity (Wildman–Crippen MR) is 93.2 cm³/mol. The summed E-state index contributed by atoms with van der Waals surface area (Å²) in [5.41, 5.74) is -1.81. The number of carboxylic acid groups (broad SMARTS) is 1. The molecule has 0 spiro atoms. The summed E-state index contributed by atoms with van der Waals surface area (Å²) in [6.07, 6.45) is -9.28. The highest BCUT2D eigenvalue weighted by atomic mass is 16.8. The van der Waals surface area contributed by atoms with Gasteiger partial charge in [-0.2, -0.15) is 0 Å². The second kappa shape index (κ2) is 8.38. The Morgan fingerprint density at radius 3 is 2.43 bits per heavy atom. The van der Waals surface area contributed by atoms with Crippen LogP contribution in [0, 0.1) is 11.8 Å². The molecule has 1 saturated carbocycles. The van der Waals surface area contributed by atoms with Crippen molar-refractivity contribution in [2.45, 2.75) is 69.0 Å². The first-order valence-corrected chi connectivity index (χ1v) is 9.42. The molecule has 0 aromatic heterocycles. The van der Waals surface area contributed by atoms with Crippen molar-refractivity contribution in [3.8, 4) is 0 Å². The molecule has 30 heavy (non-hydrogen) atoms. The van der Waals surface area contributed by atoms with Gasteiger partial charge >= 0.3 is 11.9 Å². The molecule has 0 unspecified atom stereocenters. The standard InChI is InChI=1S/C18H26O12/c1-6(20)28-8-3-18(2,26)11-10(8)7(15(24)25)5-27-16(11)30-17-14(23)13(22)12(21)9(4-19)29-17/h5,8-14,16-17,19,21-23,26H,3-4H2,1-2H3,(H,24,25)/t8-,9-,10+,11-,12-,13+,14-,16+,17+,18+/m1/s1. The minimum absolute atomic E-state index is 0.0928. The average Bonchev–Trinajstić information content (AvgIpc) is 2.92. The van der Waals surface area contributed by atoms with Gasteiger partial charge in [0.15, 0.2) is 6.29 Å². The summed E-state index contributed by atoms with van der Waals surface area (Å²) >= 11 is 0. The third kappa shape index (κ3) is 4.04. The maximum atomic E-state index is 11.7. The number of carbonyl (C=O) groups is 2. The summed E-state index contributed by atoms with van der Waals surface area (Å²) in [4.78, 5) is 23.2. The fraction of sp³-hybridized carbons (Fsp3) is 0.778. The summed E-state index contributed by atoms with van der Waals surface area (Å²) in [6, 6.07) is 0. The highest BCUT2D eigenvalue weighted by Crippen LogP contribution is 2.50. The van der Waals surface area contributed by atoms with E-state index in [0.717, 1.165) is 13.2 Å². The Morgan fingerprint density at radius 1 is 1.20 bits per heavy atom. The molecule has 10 atom stereocenters. The summed E-state index contributed by atoms with van der Waals surface area (Å²) in [7, 11) is 0. The highest BCUT2D eigenvalue weighted by molar-refractivity contribution is 5.87. The van der Waals surface area contributed by atoms with Gasteiger partial charge in [-0.25, -0.2) is 4.79 Å². The number of carboxylic acids is 1. The van der Waals surface area contributed by atoms with Crippen molar-refractivity contribution in [2.24, 2.45) is 11.8 Å². The van der Waals surface area contributed by atoms with Crippen LogP contribution in [0.15, 0.2) is 11.8 Å². The van der Waals surface area contributed by atoms with Crippen molar-refractivity contribution in [3.05, 3.63) is 11.8 Å². The molecule has 6 N–H and O–H groups in total. The van der Waals surface area contributed by atoms with Gasteiger partial charge in [0.1, 0.15) is 30.5 Å².